The van der Waals surface area contributed by atoms with Crippen molar-refractivity contribution in [2.45, 2.75) is 56.8 Å². The first-order valence-electron chi connectivity index (χ1n) is 18.3. The fourth-order valence-electron chi connectivity index (χ4n) is 5.99. The highest BCUT2D eigenvalue weighted by atomic mass is 17.1. The van der Waals surface area contributed by atoms with E-state index in [1.54, 1.807) is 6.07 Å². The Bertz CT molecular complexity index is 2350. The second-order valence-electron chi connectivity index (χ2n) is 13.3. The molecule has 0 unspecified atom stereocenters. The van der Waals surface area contributed by atoms with Gasteiger partial charge in [-0.25, -0.2) is 29.3 Å². The van der Waals surface area contributed by atoms with E-state index >= 15 is 0 Å². The van der Waals surface area contributed by atoms with Crippen molar-refractivity contribution in [3.8, 4) is 28.2 Å². The summed E-state index contributed by atoms with van der Waals surface area (Å²) < 4.78 is 5.85. The van der Waals surface area contributed by atoms with E-state index in [0.29, 0.717) is 16.5 Å². The molecule has 4 rings (SSSR count). The number of carboxylic acids is 4. The van der Waals surface area contributed by atoms with Gasteiger partial charge >= 0.3 is 29.9 Å². The van der Waals surface area contributed by atoms with Crippen LogP contribution in [0.25, 0.3) is 33.4 Å². The molecule has 1 heterocycles. The van der Waals surface area contributed by atoms with Gasteiger partial charge in [0.15, 0.2) is 11.7 Å². The van der Waals surface area contributed by atoms with Crippen LogP contribution in [0.2, 0.25) is 0 Å². The van der Waals surface area contributed by atoms with Crippen molar-refractivity contribution in [2.24, 2.45) is 0 Å². The Morgan fingerprint density at radius 2 is 1.34 bits per heavy atom. The summed E-state index contributed by atoms with van der Waals surface area (Å²) in [5.41, 5.74) is 1.02. The lowest BCUT2D eigenvalue weighted by Crippen LogP contribution is -2.50. The SMILES string of the molecule is C=C(Nc1ccc(-c2c3ccc(=O)cc-3oc3cc(O)ccc23)c(C(=O)O)c1)N[C@@H](CCC(=O)NCCNC(=O)CC[C@H](NC(=O)N[C@@H](CCC(=O)O)OO)C(=O)O)C(=O)O. The molecule has 2 aromatic rings. The van der Waals surface area contributed by atoms with Gasteiger partial charge in [-0.2, -0.15) is 0 Å². The Hall–Kier alpha value is -7.72. The molecule has 0 fully saturated rings. The summed E-state index contributed by atoms with van der Waals surface area (Å²) in [4.78, 5) is 99.7. The number of hydrogen-bond donors (Lipinski definition) is 12. The predicted octanol–water partition coefficient (Wildman–Crippen LogP) is 2.12. The maximum Gasteiger partial charge on any atom is 0.336 e. The third kappa shape index (κ3) is 13.4. The molecule has 2 aromatic carbocycles. The first-order valence-corrected chi connectivity index (χ1v) is 18.3. The van der Waals surface area contributed by atoms with E-state index in [1.165, 1.54) is 48.5 Å². The van der Waals surface area contributed by atoms with E-state index in [0.717, 1.165) is 0 Å². The van der Waals surface area contributed by atoms with Gasteiger partial charge in [-0.05, 0) is 54.8 Å². The first kappa shape index (κ1) is 46.0. The van der Waals surface area contributed by atoms with Crippen molar-refractivity contribution in [3.63, 3.8) is 0 Å². The lowest BCUT2D eigenvalue weighted by atomic mass is 9.90. The average molecular weight is 851 g/mol. The molecule has 0 aromatic heterocycles. The summed E-state index contributed by atoms with van der Waals surface area (Å²) in [6.07, 6.45) is -3.41. The minimum Gasteiger partial charge on any atom is -0.508 e. The molecule has 22 heteroatoms. The molecule has 0 saturated heterocycles. The Kier molecular flexibility index (Phi) is 16.1. The molecular weight excluding hydrogens is 808 g/mol. The Balaban J connectivity index is 1.27. The maximum absolute atomic E-state index is 12.6. The van der Waals surface area contributed by atoms with Crippen LogP contribution in [0.1, 0.15) is 48.9 Å². The Morgan fingerprint density at radius 3 is 1.93 bits per heavy atom. The molecule has 0 bridgehead atoms. The number of phenolic OH excluding ortho intramolecular Hbond substituents is 1. The zero-order chi connectivity index (χ0) is 44.8. The number of aliphatic carboxylic acids is 3. The number of fused-ring (bicyclic) bond motifs is 2. The second kappa shape index (κ2) is 21.3. The number of carbonyl (C=O) groups is 7. The van der Waals surface area contributed by atoms with Crippen molar-refractivity contribution in [3.05, 3.63) is 82.8 Å². The molecule has 3 atom stereocenters. The number of nitrogens with one attached hydrogen (secondary N) is 6. The largest absolute Gasteiger partial charge is 0.508 e. The van der Waals surface area contributed by atoms with Gasteiger partial charge in [0.2, 0.25) is 11.8 Å². The van der Waals surface area contributed by atoms with Gasteiger partial charge in [0, 0.05) is 73.1 Å². The fraction of sp³-hybridized carbons (Fsp3) is 0.282. The van der Waals surface area contributed by atoms with Crippen LogP contribution < -0.4 is 37.3 Å². The first-order chi connectivity index (χ1) is 28.9. The zero-order valence-electron chi connectivity index (χ0n) is 32.1. The third-order valence-electron chi connectivity index (χ3n) is 8.87. The molecule has 0 radical (unpaired) electrons. The van der Waals surface area contributed by atoms with E-state index in [1.807, 2.05) is 5.32 Å². The van der Waals surface area contributed by atoms with Gasteiger partial charge in [0.05, 0.1) is 11.4 Å². The van der Waals surface area contributed by atoms with E-state index < -0.39 is 66.5 Å². The number of aromatic hydroxyl groups is 1. The highest BCUT2D eigenvalue weighted by molar-refractivity contribution is 6.08. The Morgan fingerprint density at radius 1 is 0.721 bits per heavy atom. The Labute approximate surface area is 344 Å². The molecule has 1 aliphatic carbocycles. The number of amides is 4. The number of aromatic carboxylic acids is 1. The highest BCUT2D eigenvalue weighted by Gasteiger charge is 2.25. The number of carboxylic acid groups (broad SMARTS) is 4. The van der Waals surface area contributed by atoms with Gasteiger partial charge in [0.25, 0.3) is 0 Å². The number of urea groups is 1. The number of anilines is 1. The fourth-order valence-corrected chi connectivity index (χ4v) is 5.99. The monoisotopic (exact) mass is 850 g/mol. The van der Waals surface area contributed by atoms with Gasteiger partial charge < -0.3 is 61.9 Å². The summed E-state index contributed by atoms with van der Waals surface area (Å²) in [6, 6.07) is 8.75. The standard InChI is InChI=1S/C39H42N6O16/c1-19(42-20-2-5-23(26(16-20)36(52)53)35-24-6-3-21(46)17-29(24)60-30-18-22(47)4-7-25(30)35)43-27(37(54)55)8-10-31(48)40-14-15-41-32(49)11-9-28(38(56)57)44-39(58)45-33(61-59)12-13-34(50)51/h2-7,16-18,27-28,33,42-43,46,59H,1,8-15H2,(H,40,48)(H,41,49)(H,50,51)(H,52,53)(H,54,55)(H,56,57)(H2,44,45,58)/t27-,28-,33+/m0/s1. The van der Waals surface area contributed by atoms with Crippen molar-refractivity contribution in [1.29, 1.82) is 0 Å². The highest BCUT2D eigenvalue weighted by Crippen LogP contribution is 2.42. The summed E-state index contributed by atoms with van der Waals surface area (Å²) in [6.45, 7) is 3.63. The van der Waals surface area contributed by atoms with E-state index in [4.69, 9.17) is 14.8 Å². The van der Waals surface area contributed by atoms with Gasteiger partial charge in [0.1, 0.15) is 29.2 Å². The summed E-state index contributed by atoms with van der Waals surface area (Å²) in [7, 11) is 0. The molecule has 22 nitrogen and oxygen atoms in total. The van der Waals surface area contributed by atoms with E-state index in [-0.39, 0.29) is 90.4 Å². The van der Waals surface area contributed by atoms with Crippen molar-refractivity contribution in [2.75, 3.05) is 18.4 Å². The zero-order valence-corrected chi connectivity index (χ0v) is 32.1. The molecular formula is C39H42N6O16. The number of phenols is 1. The molecule has 61 heavy (non-hydrogen) atoms. The number of rotatable bonds is 23. The van der Waals surface area contributed by atoms with Crippen molar-refractivity contribution >= 4 is 58.4 Å². The lowest BCUT2D eigenvalue weighted by molar-refractivity contribution is -0.284. The van der Waals surface area contributed by atoms with Crippen LogP contribution in [0.15, 0.2) is 76.2 Å². The summed E-state index contributed by atoms with van der Waals surface area (Å²) in [5.74, 6) is -6.50. The smallest absolute Gasteiger partial charge is 0.336 e. The topological polar surface area (TPSA) is 352 Å². The average Bonchev–Trinajstić information content (AvgIpc) is 3.19. The summed E-state index contributed by atoms with van der Waals surface area (Å²) >= 11 is 0. The minimum absolute atomic E-state index is 0.0347. The molecule has 12 N–H and O–H groups in total. The minimum atomic E-state index is -1.54. The van der Waals surface area contributed by atoms with Gasteiger partial charge in [-0.1, -0.05) is 12.6 Å². The molecule has 1 aliphatic heterocycles. The number of carbonyl (C=O) groups excluding carboxylic acids is 3. The van der Waals surface area contributed by atoms with Crippen LogP contribution in [0.5, 0.6) is 5.75 Å². The maximum atomic E-state index is 12.6. The van der Waals surface area contributed by atoms with Gasteiger partial charge in [-0.15, -0.1) is 0 Å². The van der Waals surface area contributed by atoms with Crippen LogP contribution in [0, 0.1) is 0 Å². The number of benzene rings is 3. The normalized spacial score (nSPS) is 12.3. The molecule has 2 aliphatic rings. The molecule has 4 amide bonds. The molecule has 0 spiro atoms. The van der Waals surface area contributed by atoms with Crippen molar-refractivity contribution < 1.29 is 73.7 Å². The lowest BCUT2D eigenvalue weighted by Gasteiger charge is -2.20. The summed E-state index contributed by atoms with van der Waals surface area (Å²) in [5, 5.41) is 72.0. The van der Waals surface area contributed by atoms with Crippen LogP contribution in [-0.4, -0.2) is 104 Å². The molecule has 0 saturated carbocycles. The van der Waals surface area contributed by atoms with Crippen molar-refractivity contribution in [1.82, 2.24) is 26.6 Å². The van der Waals surface area contributed by atoms with E-state index in [9.17, 15) is 58.8 Å². The van der Waals surface area contributed by atoms with Crippen LogP contribution in [0.4, 0.5) is 10.5 Å². The van der Waals surface area contributed by atoms with Gasteiger partial charge in [-0.3, -0.25) is 19.2 Å². The van der Waals surface area contributed by atoms with Crippen LogP contribution in [-0.2, 0) is 28.9 Å². The third-order valence-corrected chi connectivity index (χ3v) is 8.87. The second-order valence-corrected chi connectivity index (χ2v) is 13.3. The van der Waals surface area contributed by atoms with Crippen LogP contribution in [0.3, 0.4) is 0 Å². The molecule has 324 valence electrons. The number of hydrogen-bond acceptors (Lipinski definition) is 14. The predicted molar refractivity (Wildman–Crippen MR) is 212 cm³/mol. The van der Waals surface area contributed by atoms with E-state index in [2.05, 4.69) is 38.1 Å². The quantitative estimate of drug-likeness (QED) is 0.0167. The van der Waals surface area contributed by atoms with Crippen LogP contribution >= 0.6 is 0 Å².